The van der Waals surface area contributed by atoms with Crippen LogP contribution >= 0.6 is 0 Å². The third kappa shape index (κ3) is 4.94. The number of carbonyl (C=O) groups excluding carboxylic acids is 1. The number of aromatic amines is 1. The van der Waals surface area contributed by atoms with Crippen LogP contribution in [0.4, 0.5) is 0 Å². The molecule has 0 aromatic carbocycles. The van der Waals surface area contributed by atoms with Crippen LogP contribution in [0.2, 0.25) is 0 Å². The average molecular weight is 388 g/mol. The molecule has 1 amide bonds. The number of hydrogen-bond acceptors (Lipinski definition) is 4. The highest BCUT2D eigenvalue weighted by atomic mass is 16.2. The van der Waals surface area contributed by atoms with E-state index in [1.807, 2.05) is 6.92 Å². The largest absolute Gasteiger partial charge is 0.342 e. The first kappa shape index (κ1) is 19.9. The van der Waals surface area contributed by atoms with Crippen LogP contribution in [0.25, 0.3) is 0 Å². The average Bonchev–Trinajstić information content (AvgIpc) is 3.32. The van der Waals surface area contributed by atoms with Crippen molar-refractivity contribution in [2.75, 3.05) is 32.7 Å². The number of piperidine rings is 1. The van der Waals surface area contributed by atoms with E-state index >= 15 is 0 Å². The molecule has 1 aliphatic carbocycles. The van der Waals surface area contributed by atoms with Crippen molar-refractivity contribution < 1.29 is 4.79 Å². The summed E-state index contributed by atoms with van der Waals surface area (Å²) in [6.45, 7) is 7.51. The van der Waals surface area contributed by atoms with Gasteiger partial charge in [-0.3, -0.25) is 9.89 Å². The smallest absolute Gasteiger partial charge is 0.223 e. The molecule has 1 saturated carbocycles. The van der Waals surface area contributed by atoms with Gasteiger partial charge in [0, 0.05) is 37.9 Å². The van der Waals surface area contributed by atoms with Gasteiger partial charge in [-0.2, -0.15) is 5.10 Å². The first-order chi connectivity index (χ1) is 13.6. The van der Waals surface area contributed by atoms with E-state index in [4.69, 9.17) is 0 Å². The van der Waals surface area contributed by atoms with Crippen LogP contribution in [-0.4, -0.2) is 63.6 Å². The van der Waals surface area contributed by atoms with Gasteiger partial charge in [0.15, 0.2) is 5.82 Å². The minimum atomic E-state index is 0.277. The highest BCUT2D eigenvalue weighted by Gasteiger charge is 2.42. The third-order valence-electron chi connectivity index (χ3n) is 7.32. The number of likely N-dealkylation sites (tertiary alicyclic amines) is 2. The van der Waals surface area contributed by atoms with E-state index < -0.39 is 0 Å². The lowest BCUT2D eigenvalue weighted by atomic mass is 9.79. The second-order valence-electron chi connectivity index (χ2n) is 9.57. The first-order valence-electron chi connectivity index (χ1n) is 11.5. The molecule has 28 heavy (non-hydrogen) atoms. The molecule has 1 aromatic rings. The summed E-state index contributed by atoms with van der Waals surface area (Å²) >= 11 is 0. The van der Waals surface area contributed by atoms with Gasteiger partial charge in [-0.25, -0.2) is 4.98 Å². The second-order valence-corrected chi connectivity index (χ2v) is 9.57. The fourth-order valence-electron chi connectivity index (χ4n) is 5.70. The Kier molecular flexibility index (Phi) is 6.34. The molecule has 0 unspecified atom stereocenters. The summed E-state index contributed by atoms with van der Waals surface area (Å²) in [6, 6.07) is 0. The number of nitrogens with zero attached hydrogens (tertiary/aromatic N) is 4. The molecule has 2 saturated heterocycles. The Morgan fingerprint density at radius 2 is 2.00 bits per heavy atom. The minimum absolute atomic E-state index is 0.277. The quantitative estimate of drug-likeness (QED) is 0.813. The summed E-state index contributed by atoms with van der Waals surface area (Å²) in [7, 11) is 0. The van der Waals surface area contributed by atoms with Gasteiger partial charge < -0.3 is 9.80 Å². The molecule has 1 aromatic heterocycles. The zero-order chi connectivity index (χ0) is 19.4. The predicted molar refractivity (Wildman–Crippen MR) is 110 cm³/mol. The lowest BCUT2D eigenvalue weighted by molar-refractivity contribution is -0.130. The molecular weight excluding hydrogens is 350 g/mol. The van der Waals surface area contributed by atoms with Gasteiger partial charge in [-0.15, -0.1) is 0 Å². The molecule has 1 atom stereocenters. The SMILES string of the molecule is Cc1nc(CCC(=O)N2CC[C@@]3(CCCN(CCC4CCCCC4)C3)C2)n[nH]1. The van der Waals surface area contributed by atoms with Gasteiger partial charge in [0.2, 0.25) is 5.91 Å². The minimum Gasteiger partial charge on any atom is -0.342 e. The molecule has 156 valence electrons. The molecule has 1 N–H and O–H groups in total. The Labute approximate surface area is 169 Å². The van der Waals surface area contributed by atoms with E-state index in [9.17, 15) is 4.79 Å². The highest BCUT2D eigenvalue weighted by molar-refractivity contribution is 5.76. The number of carbonyl (C=O) groups is 1. The fourth-order valence-corrected chi connectivity index (χ4v) is 5.70. The third-order valence-corrected chi connectivity index (χ3v) is 7.32. The molecule has 3 fully saturated rings. The van der Waals surface area contributed by atoms with E-state index in [-0.39, 0.29) is 5.91 Å². The molecule has 0 bridgehead atoms. The van der Waals surface area contributed by atoms with Crippen LogP contribution < -0.4 is 0 Å². The normalized spacial score (nSPS) is 27.0. The maximum atomic E-state index is 12.7. The van der Waals surface area contributed by atoms with E-state index in [0.717, 1.165) is 30.7 Å². The zero-order valence-electron chi connectivity index (χ0n) is 17.6. The summed E-state index contributed by atoms with van der Waals surface area (Å²) < 4.78 is 0. The van der Waals surface area contributed by atoms with Crippen LogP contribution in [0.3, 0.4) is 0 Å². The standard InChI is InChI=1S/C22H37N5O/c1-18-23-20(25-24-18)8-9-21(28)27-15-12-22(17-27)11-5-13-26(16-22)14-10-19-6-3-2-4-7-19/h19H,2-17H2,1H3,(H,23,24,25)/t22-/m1/s1. The number of rotatable bonds is 6. The maximum absolute atomic E-state index is 12.7. The molecule has 6 heteroatoms. The van der Waals surface area contributed by atoms with Gasteiger partial charge in [0.25, 0.3) is 0 Å². The van der Waals surface area contributed by atoms with E-state index in [0.29, 0.717) is 18.3 Å². The summed E-state index contributed by atoms with van der Waals surface area (Å²) in [5, 5.41) is 7.01. The number of aryl methyl sites for hydroxylation is 2. The Morgan fingerprint density at radius 1 is 1.14 bits per heavy atom. The van der Waals surface area contributed by atoms with Crippen molar-refractivity contribution in [3.63, 3.8) is 0 Å². The van der Waals surface area contributed by atoms with Crippen LogP contribution in [0.15, 0.2) is 0 Å². The summed E-state index contributed by atoms with van der Waals surface area (Å²) in [4.78, 5) is 21.9. The van der Waals surface area contributed by atoms with Crippen molar-refractivity contribution in [2.24, 2.45) is 11.3 Å². The van der Waals surface area contributed by atoms with Crippen molar-refractivity contribution in [1.29, 1.82) is 0 Å². The lowest BCUT2D eigenvalue weighted by Crippen LogP contribution is -2.45. The van der Waals surface area contributed by atoms with Crippen LogP contribution in [0.5, 0.6) is 0 Å². The first-order valence-corrected chi connectivity index (χ1v) is 11.5. The van der Waals surface area contributed by atoms with E-state index in [2.05, 4.69) is 25.0 Å². The van der Waals surface area contributed by atoms with Gasteiger partial charge >= 0.3 is 0 Å². The van der Waals surface area contributed by atoms with Crippen LogP contribution in [0.1, 0.15) is 75.9 Å². The Bertz CT molecular complexity index is 653. The molecule has 6 nitrogen and oxygen atoms in total. The second kappa shape index (κ2) is 8.93. The van der Waals surface area contributed by atoms with Gasteiger partial charge in [0.1, 0.15) is 5.82 Å². The monoisotopic (exact) mass is 387 g/mol. The Morgan fingerprint density at radius 3 is 2.79 bits per heavy atom. The number of aromatic nitrogens is 3. The summed E-state index contributed by atoms with van der Waals surface area (Å²) in [5.74, 6) is 2.82. The van der Waals surface area contributed by atoms with E-state index in [1.165, 1.54) is 77.4 Å². The molecule has 3 aliphatic rings. The molecule has 4 rings (SSSR count). The van der Waals surface area contributed by atoms with Gasteiger partial charge in [0.05, 0.1) is 0 Å². The number of hydrogen-bond donors (Lipinski definition) is 1. The fraction of sp³-hybridized carbons (Fsp3) is 0.864. The predicted octanol–water partition coefficient (Wildman–Crippen LogP) is 3.33. The van der Waals surface area contributed by atoms with Crippen LogP contribution in [0, 0.1) is 18.3 Å². The van der Waals surface area contributed by atoms with Crippen molar-refractivity contribution in [2.45, 2.75) is 77.6 Å². The number of amides is 1. The Hall–Kier alpha value is -1.43. The lowest BCUT2D eigenvalue weighted by Gasteiger charge is -2.41. The van der Waals surface area contributed by atoms with Gasteiger partial charge in [-0.1, -0.05) is 32.1 Å². The van der Waals surface area contributed by atoms with Crippen LogP contribution in [-0.2, 0) is 11.2 Å². The van der Waals surface area contributed by atoms with E-state index in [1.54, 1.807) is 0 Å². The molecule has 2 aliphatic heterocycles. The molecule has 1 spiro atoms. The Balaban J connectivity index is 1.23. The van der Waals surface area contributed by atoms with Crippen molar-refractivity contribution >= 4 is 5.91 Å². The number of H-pyrrole nitrogens is 1. The topological polar surface area (TPSA) is 65.1 Å². The zero-order valence-corrected chi connectivity index (χ0v) is 17.6. The molecule has 0 radical (unpaired) electrons. The number of nitrogens with one attached hydrogen (secondary N) is 1. The van der Waals surface area contributed by atoms with Crippen molar-refractivity contribution in [3.8, 4) is 0 Å². The van der Waals surface area contributed by atoms with Gasteiger partial charge in [-0.05, 0) is 51.6 Å². The van der Waals surface area contributed by atoms with Crippen molar-refractivity contribution in [1.82, 2.24) is 25.0 Å². The summed E-state index contributed by atoms with van der Waals surface area (Å²) in [6.07, 6.45) is 13.5. The maximum Gasteiger partial charge on any atom is 0.223 e. The highest BCUT2D eigenvalue weighted by Crippen LogP contribution is 2.39. The van der Waals surface area contributed by atoms with Crippen molar-refractivity contribution in [3.05, 3.63) is 11.6 Å². The molecular formula is C22H37N5O. The molecule has 3 heterocycles. The summed E-state index contributed by atoms with van der Waals surface area (Å²) in [5.41, 5.74) is 0.349.